The van der Waals surface area contributed by atoms with Crippen LogP contribution in [0.2, 0.25) is 0 Å². The van der Waals surface area contributed by atoms with Gasteiger partial charge in [0.1, 0.15) is 5.82 Å². The van der Waals surface area contributed by atoms with Crippen LogP contribution in [0.25, 0.3) is 0 Å². The number of rotatable bonds is 4. The lowest BCUT2D eigenvalue weighted by Crippen LogP contribution is -2.50. The predicted octanol–water partition coefficient (Wildman–Crippen LogP) is 1.90. The minimum Gasteiger partial charge on any atom is -0.381 e. The Kier molecular flexibility index (Phi) is 5.10. The van der Waals surface area contributed by atoms with Gasteiger partial charge in [0.2, 0.25) is 5.91 Å². The lowest BCUT2D eigenvalue weighted by molar-refractivity contribution is -0.123. The fraction of sp³-hybridized carbons (Fsp3) is 0.562. The SMILES string of the molecule is Cl.NC1(C(=O)NCC2(c3ccc(F)cc3)CCOCC2)CC1. The van der Waals surface area contributed by atoms with Gasteiger partial charge in [-0.15, -0.1) is 12.4 Å². The predicted molar refractivity (Wildman–Crippen MR) is 84.5 cm³/mol. The van der Waals surface area contributed by atoms with Crippen molar-refractivity contribution in [3.05, 3.63) is 35.6 Å². The van der Waals surface area contributed by atoms with Gasteiger partial charge in [-0.2, -0.15) is 0 Å². The van der Waals surface area contributed by atoms with Gasteiger partial charge in [0.15, 0.2) is 0 Å². The molecule has 3 rings (SSSR count). The molecule has 0 unspecified atom stereocenters. The van der Waals surface area contributed by atoms with Crippen LogP contribution in [0.5, 0.6) is 0 Å². The van der Waals surface area contributed by atoms with Gasteiger partial charge in [-0.3, -0.25) is 4.79 Å². The second-order valence-electron chi connectivity index (χ2n) is 6.24. The number of nitrogens with two attached hydrogens (primary N) is 1. The van der Waals surface area contributed by atoms with Crippen LogP contribution in [0.15, 0.2) is 24.3 Å². The van der Waals surface area contributed by atoms with Gasteiger partial charge < -0.3 is 15.8 Å². The first kappa shape index (κ1) is 17.2. The first-order valence-corrected chi connectivity index (χ1v) is 7.45. The zero-order valence-electron chi connectivity index (χ0n) is 12.4. The van der Waals surface area contributed by atoms with Crippen molar-refractivity contribution in [2.45, 2.75) is 36.6 Å². The average molecular weight is 329 g/mol. The lowest BCUT2D eigenvalue weighted by atomic mass is 9.74. The van der Waals surface area contributed by atoms with Gasteiger partial charge in [0, 0.05) is 25.2 Å². The summed E-state index contributed by atoms with van der Waals surface area (Å²) in [5.41, 5.74) is 6.13. The van der Waals surface area contributed by atoms with Crippen molar-refractivity contribution in [2.24, 2.45) is 5.73 Å². The Morgan fingerprint density at radius 3 is 2.32 bits per heavy atom. The molecular formula is C16H22ClFN2O2. The second kappa shape index (κ2) is 6.52. The van der Waals surface area contributed by atoms with Crippen LogP contribution in [0, 0.1) is 5.82 Å². The third-order valence-electron chi connectivity index (χ3n) is 4.73. The Morgan fingerprint density at radius 1 is 1.18 bits per heavy atom. The van der Waals surface area contributed by atoms with Crippen molar-refractivity contribution in [1.29, 1.82) is 0 Å². The molecule has 1 saturated carbocycles. The van der Waals surface area contributed by atoms with Crippen LogP contribution in [-0.4, -0.2) is 31.2 Å². The van der Waals surface area contributed by atoms with E-state index in [4.69, 9.17) is 10.5 Å². The van der Waals surface area contributed by atoms with E-state index in [2.05, 4.69) is 5.32 Å². The first-order valence-electron chi connectivity index (χ1n) is 7.45. The van der Waals surface area contributed by atoms with E-state index in [1.807, 2.05) is 12.1 Å². The molecule has 2 fully saturated rings. The molecule has 0 spiro atoms. The van der Waals surface area contributed by atoms with Crippen LogP contribution in [0.4, 0.5) is 4.39 Å². The van der Waals surface area contributed by atoms with E-state index >= 15 is 0 Å². The molecule has 122 valence electrons. The summed E-state index contributed by atoms with van der Waals surface area (Å²) in [5, 5.41) is 3.00. The number of carbonyl (C=O) groups is 1. The molecule has 3 N–H and O–H groups in total. The van der Waals surface area contributed by atoms with Gasteiger partial charge >= 0.3 is 0 Å². The minimum absolute atomic E-state index is 0. The molecule has 6 heteroatoms. The van der Waals surface area contributed by atoms with Gasteiger partial charge in [-0.25, -0.2) is 4.39 Å². The summed E-state index contributed by atoms with van der Waals surface area (Å²) in [5.74, 6) is -0.320. The van der Waals surface area contributed by atoms with E-state index in [0.717, 1.165) is 31.2 Å². The highest BCUT2D eigenvalue weighted by Gasteiger charge is 2.46. The largest absolute Gasteiger partial charge is 0.381 e. The molecule has 2 aliphatic rings. The summed E-state index contributed by atoms with van der Waals surface area (Å²) < 4.78 is 18.6. The summed E-state index contributed by atoms with van der Waals surface area (Å²) in [6.45, 7) is 1.84. The fourth-order valence-electron chi connectivity index (χ4n) is 2.92. The monoisotopic (exact) mass is 328 g/mol. The third-order valence-corrected chi connectivity index (χ3v) is 4.73. The van der Waals surface area contributed by atoms with Gasteiger partial charge in [0.05, 0.1) is 5.54 Å². The molecule has 1 aromatic rings. The maximum Gasteiger partial charge on any atom is 0.240 e. The quantitative estimate of drug-likeness (QED) is 0.887. The van der Waals surface area contributed by atoms with Crippen molar-refractivity contribution in [1.82, 2.24) is 5.32 Å². The molecule has 0 aromatic heterocycles. The first-order chi connectivity index (χ1) is 10.0. The smallest absolute Gasteiger partial charge is 0.240 e. The maximum absolute atomic E-state index is 13.1. The Morgan fingerprint density at radius 2 is 1.77 bits per heavy atom. The third kappa shape index (κ3) is 3.42. The Labute approximate surface area is 136 Å². The fourth-order valence-corrected chi connectivity index (χ4v) is 2.92. The van der Waals surface area contributed by atoms with Crippen LogP contribution in [-0.2, 0) is 14.9 Å². The van der Waals surface area contributed by atoms with E-state index in [0.29, 0.717) is 19.8 Å². The average Bonchev–Trinajstić information content (AvgIpc) is 3.25. The standard InChI is InChI=1S/C16H21FN2O2.ClH/c17-13-3-1-12(2-4-13)15(7-9-21-10-8-15)11-19-14(20)16(18)5-6-16;/h1-4H,5-11,18H2,(H,19,20);1H. The van der Waals surface area contributed by atoms with E-state index in [1.165, 1.54) is 12.1 Å². The van der Waals surface area contributed by atoms with Crippen LogP contribution in [0.1, 0.15) is 31.2 Å². The molecule has 1 aromatic carbocycles. The van der Waals surface area contributed by atoms with Crippen molar-refractivity contribution in [2.75, 3.05) is 19.8 Å². The van der Waals surface area contributed by atoms with Crippen LogP contribution >= 0.6 is 12.4 Å². The zero-order chi connectivity index (χ0) is 14.9. The van der Waals surface area contributed by atoms with Crippen LogP contribution in [0.3, 0.4) is 0 Å². The molecule has 0 bridgehead atoms. The number of amides is 1. The van der Waals surface area contributed by atoms with Crippen molar-refractivity contribution in [3.63, 3.8) is 0 Å². The number of carbonyl (C=O) groups excluding carboxylic acids is 1. The molecule has 1 saturated heterocycles. The summed E-state index contributed by atoms with van der Waals surface area (Å²) in [4.78, 5) is 12.1. The number of benzene rings is 1. The van der Waals surface area contributed by atoms with Gasteiger partial charge in [0.25, 0.3) is 0 Å². The molecule has 4 nitrogen and oxygen atoms in total. The molecule has 0 radical (unpaired) electrons. The lowest BCUT2D eigenvalue weighted by Gasteiger charge is -2.38. The molecule has 22 heavy (non-hydrogen) atoms. The summed E-state index contributed by atoms with van der Waals surface area (Å²) in [7, 11) is 0. The highest BCUT2D eigenvalue weighted by Crippen LogP contribution is 2.36. The van der Waals surface area contributed by atoms with E-state index < -0.39 is 5.54 Å². The van der Waals surface area contributed by atoms with E-state index in [-0.39, 0.29) is 29.5 Å². The van der Waals surface area contributed by atoms with Crippen LogP contribution < -0.4 is 11.1 Å². The van der Waals surface area contributed by atoms with Gasteiger partial charge in [-0.05, 0) is 43.4 Å². The molecule has 1 heterocycles. The highest BCUT2D eigenvalue weighted by molar-refractivity contribution is 5.89. The number of ether oxygens (including phenoxy) is 1. The summed E-state index contributed by atoms with van der Waals surface area (Å²) in [6.07, 6.45) is 3.14. The Bertz CT molecular complexity index is 525. The van der Waals surface area contributed by atoms with Crippen molar-refractivity contribution >= 4 is 18.3 Å². The number of halogens is 2. The number of nitrogens with one attached hydrogen (secondary N) is 1. The van der Waals surface area contributed by atoms with E-state index in [1.54, 1.807) is 0 Å². The van der Waals surface area contributed by atoms with Crippen molar-refractivity contribution < 1.29 is 13.9 Å². The normalized spacial score (nSPS) is 21.5. The minimum atomic E-state index is -0.658. The van der Waals surface area contributed by atoms with Gasteiger partial charge in [-0.1, -0.05) is 12.1 Å². The molecule has 1 aliphatic heterocycles. The topological polar surface area (TPSA) is 64.4 Å². The maximum atomic E-state index is 13.1. The summed E-state index contributed by atoms with van der Waals surface area (Å²) >= 11 is 0. The summed E-state index contributed by atoms with van der Waals surface area (Å²) in [6, 6.07) is 6.56. The van der Waals surface area contributed by atoms with E-state index in [9.17, 15) is 9.18 Å². The molecule has 1 aliphatic carbocycles. The molecule has 1 amide bonds. The second-order valence-corrected chi connectivity index (χ2v) is 6.24. The Hall–Kier alpha value is -1.17. The zero-order valence-corrected chi connectivity index (χ0v) is 13.3. The van der Waals surface area contributed by atoms with Crippen molar-refractivity contribution in [3.8, 4) is 0 Å². The number of hydrogen-bond acceptors (Lipinski definition) is 3. The number of hydrogen-bond donors (Lipinski definition) is 2. The molecular weight excluding hydrogens is 307 g/mol. The Balaban J connectivity index is 0.00000176. The molecule has 0 atom stereocenters. The highest BCUT2D eigenvalue weighted by atomic mass is 35.5.